The number of nitro benzene ring substituents is 1. The van der Waals surface area contributed by atoms with E-state index in [-0.39, 0.29) is 35.6 Å². The lowest BCUT2D eigenvalue weighted by molar-refractivity contribution is -0.385. The number of amides is 1. The number of hydrogen-bond donors (Lipinski definition) is 1. The van der Waals surface area contributed by atoms with E-state index in [9.17, 15) is 23.3 Å². The lowest BCUT2D eigenvalue weighted by Crippen LogP contribution is -2.57. The molecular weight excluding hydrogens is 360 g/mol. The first-order chi connectivity index (χ1) is 12.3. The van der Waals surface area contributed by atoms with Crippen molar-refractivity contribution in [2.75, 3.05) is 32.7 Å². The number of piperidine rings is 1. The van der Waals surface area contributed by atoms with Gasteiger partial charge in [0.25, 0.3) is 5.69 Å². The van der Waals surface area contributed by atoms with Crippen LogP contribution in [0.4, 0.5) is 5.69 Å². The van der Waals surface area contributed by atoms with Crippen molar-refractivity contribution in [3.05, 3.63) is 33.9 Å². The first-order valence-electron chi connectivity index (χ1n) is 8.56. The molecule has 0 aliphatic carbocycles. The van der Waals surface area contributed by atoms with Crippen LogP contribution in [-0.2, 0) is 14.8 Å². The lowest BCUT2D eigenvalue weighted by atomic mass is 10.1. The van der Waals surface area contributed by atoms with Crippen LogP contribution in [0.1, 0.15) is 18.4 Å². The van der Waals surface area contributed by atoms with Crippen molar-refractivity contribution in [3.63, 3.8) is 0 Å². The molecule has 1 unspecified atom stereocenters. The van der Waals surface area contributed by atoms with Gasteiger partial charge in [-0.3, -0.25) is 14.9 Å². The fourth-order valence-corrected chi connectivity index (χ4v) is 5.28. The minimum atomic E-state index is -3.86. The highest BCUT2D eigenvalue weighted by molar-refractivity contribution is 7.89. The molecule has 0 radical (unpaired) electrons. The summed E-state index contributed by atoms with van der Waals surface area (Å²) in [4.78, 5) is 24.2. The van der Waals surface area contributed by atoms with Gasteiger partial charge in [0.2, 0.25) is 15.9 Å². The van der Waals surface area contributed by atoms with Crippen LogP contribution in [0.2, 0.25) is 0 Å². The van der Waals surface area contributed by atoms with Crippen molar-refractivity contribution in [1.29, 1.82) is 0 Å². The summed E-state index contributed by atoms with van der Waals surface area (Å²) in [6.07, 6.45) is 1.40. The van der Waals surface area contributed by atoms with Gasteiger partial charge in [0, 0.05) is 44.4 Å². The fourth-order valence-electron chi connectivity index (χ4n) is 3.52. The molecule has 1 amide bonds. The fraction of sp³-hybridized carbons (Fsp3) is 0.562. The largest absolute Gasteiger partial charge is 0.336 e. The van der Waals surface area contributed by atoms with E-state index >= 15 is 0 Å². The van der Waals surface area contributed by atoms with Crippen LogP contribution in [0.15, 0.2) is 23.1 Å². The monoisotopic (exact) mass is 382 g/mol. The van der Waals surface area contributed by atoms with Gasteiger partial charge in [-0.2, -0.15) is 4.31 Å². The molecule has 1 N–H and O–H groups in total. The second kappa shape index (κ2) is 7.29. The Labute approximate surface area is 152 Å². The number of carbonyl (C=O) groups is 1. The highest BCUT2D eigenvalue weighted by atomic mass is 32.2. The Hall–Kier alpha value is -2.04. The van der Waals surface area contributed by atoms with Crippen molar-refractivity contribution in [2.24, 2.45) is 0 Å². The van der Waals surface area contributed by atoms with Gasteiger partial charge in [-0.1, -0.05) is 6.07 Å². The van der Waals surface area contributed by atoms with Gasteiger partial charge >= 0.3 is 0 Å². The Morgan fingerprint density at radius 2 is 2.08 bits per heavy atom. The molecule has 0 aromatic heterocycles. The minimum Gasteiger partial charge on any atom is -0.336 e. The molecule has 10 heteroatoms. The van der Waals surface area contributed by atoms with Crippen molar-refractivity contribution in [2.45, 2.75) is 30.7 Å². The van der Waals surface area contributed by atoms with Gasteiger partial charge in [-0.05, 0) is 25.3 Å². The highest BCUT2D eigenvalue weighted by Crippen LogP contribution is 2.28. The zero-order chi connectivity index (χ0) is 18.9. The van der Waals surface area contributed by atoms with Crippen LogP contribution in [0.3, 0.4) is 0 Å². The average molecular weight is 382 g/mol. The van der Waals surface area contributed by atoms with Crippen LogP contribution < -0.4 is 5.32 Å². The van der Waals surface area contributed by atoms with E-state index in [2.05, 4.69) is 5.32 Å². The molecule has 0 bridgehead atoms. The van der Waals surface area contributed by atoms with E-state index < -0.39 is 14.9 Å². The predicted octanol–water partition coefficient (Wildman–Crippen LogP) is 0.488. The highest BCUT2D eigenvalue weighted by Gasteiger charge is 2.36. The van der Waals surface area contributed by atoms with Gasteiger partial charge in [0.15, 0.2) is 0 Å². The van der Waals surface area contributed by atoms with E-state index in [0.717, 1.165) is 12.5 Å². The first-order valence-corrected chi connectivity index (χ1v) is 10.00. The summed E-state index contributed by atoms with van der Waals surface area (Å²) >= 11 is 0. The number of non-ortho nitro benzene ring substituents is 1. The number of nitrogens with zero attached hydrogens (tertiary/aromatic N) is 3. The van der Waals surface area contributed by atoms with Crippen LogP contribution in [0.25, 0.3) is 0 Å². The van der Waals surface area contributed by atoms with Crippen molar-refractivity contribution in [1.82, 2.24) is 14.5 Å². The Morgan fingerprint density at radius 1 is 1.31 bits per heavy atom. The standard InChI is InChI=1S/C16H22N4O5S/c1-12-4-5-13(20(22)23)9-15(12)26(24,25)18-7-2-3-14(11-18)19-8-6-17-10-16(19)21/h4-5,9,14,17H,2-3,6-8,10-11H2,1H3. The molecule has 1 atom stereocenters. The number of nitro groups is 1. The molecule has 0 spiro atoms. The van der Waals surface area contributed by atoms with Gasteiger partial charge in [-0.25, -0.2) is 8.42 Å². The third-order valence-corrected chi connectivity index (χ3v) is 6.93. The molecule has 1 aromatic carbocycles. The zero-order valence-electron chi connectivity index (χ0n) is 14.6. The van der Waals surface area contributed by atoms with Crippen LogP contribution in [0.5, 0.6) is 0 Å². The number of piperazine rings is 1. The second-order valence-corrected chi connectivity index (χ2v) is 8.54. The smallest absolute Gasteiger partial charge is 0.270 e. The van der Waals surface area contributed by atoms with Gasteiger partial charge in [0.1, 0.15) is 0 Å². The van der Waals surface area contributed by atoms with Gasteiger partial charge in [-0.15, -0.1) is 0 Å². The molecule has 2 heterocycles. The Bertz CT molecular complexity index is 826. The molecule has 0 saturated carbocycles. The summed E-state index contributed by atoms with van der Waals surface area (Å²) in [6, 6.07) is 3.70. The summed E-state index contributed by atoms with van der Waals surface area (Å²) in [5, 5.41) is 14.0. The molecule has 26 heavy (non-hydrogen) atoms. The summed E-state index contributed by atoms with van der Waals surface area (Å²) < 4.78 is 27.5. The van der Waals surface area contributed by atoms with Crippen molar-refractivity contribution >= 4 is 21.6 Å². The summed E-state index contributed by atoms with van der Waals surface area (Å²) in [5.41, 5.74) is 0.219. The number of carbonyl (C=O) groups excluding carboxylic acids is 1. The zero-order valence-corrected chi connectivity index (χ0v) is 15.4. The third kappa shape index (κ3) is 3.57. The molecule has 142 valence electrons. The summed E-state index contributed by atoms with van der Waals surface area (Å²) in [6.45, 7) is 3.72. The van der Waals surface area contributed by atoms with Crippen LogP contribution in [-0.4, -0.2) is 67.2 Å². The van der Waals surface area contributed by atoms with Gasteiger partial charge in [0.05, 0.1) is 16.4 Å². The molecule has 2 aliphatic heterocycles. The molecule has 2 fully saturated rings. The van der Waals surface area contributed by atoms with E-state index in [4.69, 9.17) is 0 Å². The van der Waals surface area contributed by atoms with Crippen LogP contribution >= 0.6 is 0 Å². The van der Waals surface area contributed by atoms with Gasteiger partial charge < -0.3 is 10.2 Å². The minimum absolute atomic E-state index is 0.0213. The Kier molecular flexibility index (Phi) is 5.26. The molecule has 2 saturated heterocycles. The number of rotatable bonds is 4. The maximum absolute atomic E-state index is 13.1. The van der Waals surface area contributed by atoms with Crippen LogP contribution in [0, 0.1) is 17.0 Å². The number of hydrogen-bond acceptors (Lipinski definition) is 6. The van der Waals surface area contributed by atoms with E-state index in [1.165, 1.54) is 16.4 Å². The molecule has 3 rings (SSSR count). The normalized spacial score (nSPS) is 22.4. The molecule has 2 aliphatic rings. The average Bonchev–Trinajstić information content (AvgIpc) is 2.62. The number of sulfonamides is 1. The van der Waals surface area contributed by atoms with Crippen molar-refractivity contribution < 1.29 is 18.1 Å². The Balaban J connectivity index is 1.86. The topological polar surface area (TPSA) is 113 Å². The number of nitrogens with one attached hydrogen (secondary N) is 1. The Morgan fingerprint density at radius 3 is 2.77 bits per heavy atom. The predicted molar refractivity (Wildman–Crippen MR) is 94.2 cm³/mol. The maximum atomic E-state index is 13.1. The maximum Gasteiger partial charge on any atom is 0.270 e. The molecular formula is C16H22N4O5S. The third-order valence-electron chi connectivity index (χ3n) is 4.93. The van der Waals surface area contributed by atoms with Crippen molar-refractivity contribution in [3.8, 4) is 0 Å². The quantitative estimate of drug-likeness (QED) is 0.599. The molecule has 9 nitrogen and oxygen atoms in total. The summed E-state index contributed by atoms with van der Waals surface area (Å²) in [5.74, 6) is -0.0213. The number of aryl methyl sites for hydroxylation is 1. The van der Waals surface area contributed by atoms with E-state index in [0.29, 0.717) is 31.6 Å². The summed E-state index contributed by atoms with van der Waals surface area (Å²) in [7, 11) is -3.86. The first kappa shape index (κ1) is 18.7. The lowest BCUT2D eigenvalue weighted by Gasteiger charge is -2.40. The SMILES string of the molecule is Cc1ccc([N+](=O)[O-])cc1S(=O)(=O)N1CCCC(N2CCNCC2=O)C1. The van der Waals surface area contributed by atoms with E-state index in [1.54, 1.807) is 11.8 Å². The number of benzene rings is 1. The second-order valence-electron chi connectivity index (χ2n) is 6.63. The molecule has 1 aromatic rings. The van der Waals surface area contributed by atoms with E-state index in [1.807, 2.05) is 0 Å².